The van der Waals surface area contributed by atoms with Crippen LogP contribution in [0.25, 0.3) is 0 Å². The van der Waals surface area contributed by atoms with E-state index in [0.717, 1.165) is 52.0 Å². The quantitative estimate of drug-likeness (QED) is 0.759. The van der Waals surface area contributed by atoms with Crippen LogP contribution in [-0.2, 0) is 9.59 Å². The summed E-state index contributed by atoms with van der Waals surface area (Å²) in [6.07, 6.45) is 3.10. The molecular formula is C14H25N3O3. The number of nitrogens with one attached hydrogen (secondary N) is 1. The van der Waals surface area contributed by atoms with Crippen LogP contribution in [0.5, 0.6) is 0 Å². The highest BCUT2D eigenvalue weighted by molar-refractivity contribution is 5.78. The molecule has 2 aliphatic rings. The number of carboxylic acid groups (broad SMARTS) is 1. The van der Waals surface area contributed by atoms with Crippen LogP contribution in [0.3, 0.4) is 0 Å². The summed E-state index contributed by atoms with van der Waals surface area (Å²) >= 11 is 0. The van der Waals surface area contributed by atoms with E-state index in [4.69, 9.17) is 5.11 Å². The lowest BCUT2D eigenvalue weighted by Crippen LogP contribution is -2.46. The molecule has 6 nitrogen and oxygen atoms in total. The first-order chi connectivity index (χ1) is 9.65. The van der Waals surface area contributed by atoms with Crippen LogP contribution in [0.1, 0.15) is 25.7 Å². The van der Waals surface area contributed by atoms with Gasteiger partial charge in [0.15, 0.2) is 0 Å². The number of hydrogen-bond donors (Lipinski definition) is 2. The Bertz CT molecular complexity index is 341. The standard InChI is InChI=1S/C14H25N3O3/c18-13(11-16-6-2-4-15-5-8-16)17-7-1-3-12(10-17)9-14(19)20/h12,15H,1-11H2,(H,19,20). The Kier molecular flexibility index (Phi) is 5.79. The summed E-state index contributed by atoms with van der Waals surface area (Å²) in [5.41, 5.74) is 0. The van der Waals surface area contributed by atoms with E-state index < -0.39 is 5.97 Å². The van der Waals surface area contributed by atoms with E-state index in [1.807, 2.05) is 4.90 Å². The van der Waals surface area contributed by atoms with Crippen molar-refractivity contribution in [3.63, 3.8) is 0 Å². The minimum atomic E-state index is -0.761. The first kappa shape index (κ1) is 15.3. The number of carboxylic acids is 1. The number of carbonyl (C=O) groups is 2. The fourth-order valence-corrected chi connectivity index (χ4v) is 3.06. The Hall–Kier alpha value is -1.14. The number of aliphatic carboxylic acids is 1. The average molecular weight is 283 g/mol. The second kappa shape index (κ2) is 7.59. The molecule has 114 valence electrons. The minimum Gasteiger partial charge on any atom is -0.481 e. The molecule has 0 aromatic carbocycles. The van der Waals surface area contributed by atoms with Crippen molar-refractivity contribution in [3.05, 3.63) is 0 Å². The van der Waals surface area contributed by atoms with E-state index in [1.165, 1.54) is 0 Å². The average Bonchev–Trinajstić information content (AvgIpc) is 2.67. The molecule has 0 radical (unpaired) electrons. The Balaban J connectivity index is 1.80. The van der Waals surface area contributed by atoms with E-state index in [2.05, 4.69) is 10.2 Å². The molecule has 0 spiro atoms. The van der Waals surface area contributed by atoms with Crippen LogP contribution in [0.2, 0.25) is 0 Å². The zero-order valence-corrected chi connectivity index (χ0v) is 12.0. The predicted octanol–water partition coefficient (Wildman–Crippen LogP) is -0.00500. The van der Waals surface area contributed by atoms with Gasteiger partial charge >= 0.3 is 5.97 Å². The topological polar surface area (TPSA) is 72.9 Å². The summed E-state index contributed by atoms with van der Waals surface area (Å²) in [7, 11) is 0. The molecule has 1 unspecified atom stereocenters. The highest BCUT2D eigenvalue weighted by Crippen LogP contribution is 2.19. The number of likely N-dealkylation sites (tertiary alicyclic amines) is 1. The number of amides is 1. The van der Waals surface area contributed by atoms with Crippen LogP contribution in [0.15, 0.2) is 0 Å². The summed E-state index contributed by atoms with van der Waals surface area (Å²) in [5, 5.41) is 12.2. The first-order valence-corrected chi connectivity index (χ1v) is 7.58. The van der Waals surface area contributed by atoms with Gasteiger partial charge < -0.3 is 15.3 Å². The molecular weight excluding hydrogens is 258 g/mol. The molecule has 0 aromatic heterocycles. The van der Waals surface area contributed by atoms with Gasteiger partial charge in [-0.2, -0.15) is 0 Å². The summed E-state index contributed by atoms with van der Waals surface area (Å²) in [6, 6.07) is 0. The molecule has 2 fully saturated rings. The predicted molar refractivity (Wildman–Crippen MR) is 75.5 cm³/mol. The lowest BCUT2D eigenvalue weighted by Gasteiger charge is -2.33. The first-order valence-electron chi connectivity index (χ1n) is 7.58. The van der Waals surface area contributed by atoms with E-state index in [9.17, 15) is 9.59 Å². The lowest BCUT2D eigenvalue weighted by molar-refractivity contribution is -0.141. The van der Waals surface area contributed by atoms with Gasteiger partial charge in [-0.1, -0.05) is 0 Å². The van der Waals surface area contributed by atoms with Crippen LogP contribution < -0.4 is 5.32 Å². The third kappa shape index (κ3) is 4.76. The van der Waals surface area contributed by atoms with Crippen molar-refractivity contribution in [2.75, 3.05) is 45.8 Å². The van der Waals surface area contributed by atoms with Gasteiger partial charge in [0.25, 0.3) is 0 Å². The summed E-state index contributed by atoms with van der Waals surface area (Å²) in [4.78, 5) is 27.2. The molecule has 1 amide bonds. The van der Waals surface area contributed by atoms with Crippen molar-refractivity contribution < 1.29 is 14.7 Å². The zero-order chi connectivity index (χ0) is 14.4. The number of hydrogen-bond acceptors (Lipinski definition) is 4. The summed E-state index contributed by atoms with van der Waals surface area (Å²) < 4.78 is 0. The molecule has 2 aliphatic heterocycles. The second-order valence-corrected chi connectivity index (χ2v) is 5.83. The van der Waals surface area contributed by atoms with E-state index in [-0.39, 0.29) is 18.2 Å². The van der Waals surface area contributed by atoms with Gasteiger partial charge in [-0.15, -0.1) is 0 Å². The molecule has 2 saturated heterocycles. The monoisotopic (exact) mass is 283 g/mol. The van der Waals surface area contributed by atoms with Crippen LogP contribution in [-0.4, -0.2) is 72.6 Å². The number of rotatable bonds is 4. The maximum Gasteiger partial charge on any atom is 0.303 e. The number of piperidine rings is 1. The molecule has 2 heterocycles. The smallest absolute Gasteiger partial charge is 0.303 e. The number of nitrogens with zero attached hydrogens (tertiary/aromatic N) is 2. The fraction of sp³-hybridized carbons (Fsp3) is 0.857. The Morgan fingerprint density at radius 3 is 2.80 bits per heavy atom. The number of carbonyl (C=O) groups excluding carboxylic acids is 1. The molecule has 0 aliphatic carbocycles. The van der Waals surface area contributed by atoms with Crippen molar-refractivity contribution in [3.8, 4) is 0 Å². The van der Waals surface area contributed by atoms with Crippen molar-refractivity contribution in [2.24, 2.45) is 5.92 Å². The van der Waals surface area contributed by atoms with Gasteiger partial charge in [-0.05, 0) is 38.3 Å². The highest BCUT2D eigenvalue weighted by atomic mass is 16.4. The van der Waals surface area contributed by atoms with Crippen molar-refractivity contribution in [1.82, 2.24) is 15.1 Å². The van der Waals surface area contributed by atoms with Crippen molar-refractivity contribution >= 4 is 11.9 Å². The maximum atomic E-state index is 12.3. The summed E-state index contributed by atoms with van der Waals surface area (Å²) in [5.74, 6) is -0.485. The molecule has 2 rings (SSSR count). The second-order valence-electron chi connectivity index (χ2n) is 5.83. The largest absolute Gasteiger partial charge is 0.481 e. The van der Waals surface area contributed by atoms with Gasteiger partial charge in [0.1, 0.15) is 0 Å². The molecule has 0 saturated carbocycles. The van der Waals surface area contributed by atoms with Crippen molar-refractivity contribution in [2.45, 2.75) is 25.7 Å². The van der Waals surface area contributed by atoms with Gasteiger partial charge in [0.2, 0.25) is 5.91 Å². The van der Waals surface area contributed by atoms with Crippen LogP contribution in [0, 0.1) is 5.92 Å². The molecule has 0 aromatic rings. The summed E-state index contributed by atoms with van der Waals surface area (Å²) in [6.45, 7) is 5.70. The normalized spacial score (nSPS) is 25.2. The van der Waals surface area contributed by atoms with Gasteiger partial charge in [0.05, 0.1) is 6.54 Å². The van der Waals surface area contributed by atoms with Gasteiger partial charge in [0, 0.05) is 32.6 Å². The lowest BCUT2D eigenvalue weighted by atomic mass is 9.95. The fourth-order valence-electron chi connectivity index (χ4n) is 3.06. The van der Waals surface area contributed by atoms with Crippen molar-refractivity contribution in [1.29, 1.82) is 0 Å². The molecule has 6 heteroatoms. The molecule has 20 heavy (non-hydrogen) atoms. The maximum absolute atomic E-state index is 12.3. The molecule has 1 atom stereocenters. The van der Waals surface area contributed by atoms with Gasteiger partial charge in [-0.25, -0.2) is 0 Å². The van der Waals surface area contributed by atoms with Gasteiger partial charge in [-0.3, -0.25) is 14.5 Å². The SMILES string of the molecule is O=C(O)CC1CCCN(C(=O)CN2CCCNCC2)C1. The molecule has 0 bridgehead atoms. The van der Waals surface area contributed by atoms with E-state index >= 15 is 0 Å². The van der Waals surface area contributed by atoms with E-state index in [0.29, 0.717) is 13.1 Å². The highest BCUT2D eigenvalue weighted by Gasteiger charge is 2.26. The van der Waals surface area contributed by atoms with Crippen LogP contribution >= 0.6 is 0 Å². The Labute approximate surface area is 120 Å². The minimum absolute atomic E-state index is 0.121. The third-order valence-corrected chi connectivity index (χ3v) is 4.13. The Morgan fingerprint density at radius 1 is 1.15 bits per heavy atom. The van der Waals surface area contributed by atoms with Crippen LogP contribution in [0.4, 0.5) is 0 Å². The molecule has 2 N–H and O–H groups in total. The zero-order valence-electron chi connectivity index (χ0n) is 12.0. The van der Waals surface area contributed by atoms with E-state index in [1.54, 1.807) is 0 Å². The Morgan fingerprint density at radius 2 is 2.00 bits per heavy atom. The third-order valence-electron chi connectivity index (χ3n) is 4.13.